The number of rotatable bonds is 4. The molecule has 1 aliphatic rings. The van der Waals surface area contributed by atoms with Gasteiger partial charge in [0.1, 0.15) is 5.84 Å². The molecule has 1 N–H and O–H groups in total. The van der Waals surface area contributed by atoms with Crippen molar-refractivity contribution in [1.29, 1.82) is 0 Å². The molecule has 130 valence electrons. The molecule has 0 fully saturated rings. The molecule has 1 aromatic rings. The number of amidine groups is 1. The van der Waals surface area contributed by atoms with Gasteiger partial charge in [0.15, 0.2) is 0 Å². The maximum Gasteiger partial charge on any atom is 0.442 e. The summed E-state index contributed by atoms with van der Waals surface area (Å²) in [5.74, 6) is -2.46. The van der Waals surface area contributed by atoms with Crippen LogP contribution < -0.4 is 5.32 Å². The third-order valence-electron chi connectivity index (χ3n) is 3.53. The van der Waals surface area contributed by atoms with Gasteiger partial charge in [0.25, 0.3) is 11.8 Å². The Bertz CT molecular complexity index is 688. The second-order valence-corrected chi connectivity index (χ2v) is 5.72. The molecular weight excluding hydrogens is 347 g/mol. The summed E-state index contributed by atoms with van der Waals surface area (Å²) in [6.07, 6.45) is -4.62. The summed E-state index contributed by atoms with van der Waals surface area (Å²) >= 11 is 5.69. The van der Waals surface area contributed by atoms with Crippen molar-refractivity contribution in [2.45, 2.75) is 32.1 Å². The van der Waals surface area contributed by atoms with Gasteiger partial charge < -0.3 is 5.32 Å². The first-order valence-electron chi connectivity index (χ1n) is 7.15. The summed E-state index contributed by atoms with van der Waals surface area (Å²) in [5.41, 5.74) is -3.36. The minimum atomic E-state index is -5.07. The summed E-state index contributed by atoms with van der Waals surface area (Å²) in [6.45, 7) is 3.11. The summed E-state index contributed by atoms with van der Waals surface area (Å²) in [5, 5.41) is 2.08. The van der Waals surface area contributed by atoms with Crippen molar-refractivity contribution in [3.63, 3.8) is 0 Å². The maximum atomic E-state index is 13.6. The van der Waals surface area contributed by atoms with Crippen molar-refractivity contribution in [2.24, 2.45) is 4.99 Å². The van der Waals surface area contributed by atoms with E-state index in [9.17, 15) is 22.8 Å². The van der Waals surface area contributed by atoms with E-state index < -0.39 is 23.7 Å². The van der Waals surface area contributed by atoms with Gasteiger partial charge in [-0.15, -0.1) is 0 Å². The molecule has 1 atom stereocenters. The van der Waals surface area contributed by atoms with Gasteiger partial charge >= 0.3 is 11.8 Å². The second kappa shape index (κ2) is 6.43. The number of hydrogen-bond acceptors (Lipinski definition) is 3. The van der Waals surface area contributed by atoms with Gasteiger partial charge in [0.2, 0.25) is 0 Å². The van der Waals surface area contributed by atoms with Crippen molar-refractivity contribution in [3.05, 3.63) is 34.9 Å². The largest absolute Gasteiger partial charge is 0.442 e. The van der Waals surface area contributed by atoms with Crippen LogP contribution in [-0.2, 0) is 4.79 Å². The van der Waals surface area contributed by atoms with Gasteiger partial charge in [-0.25, -0.2) is 4.99 Å². The van der Waals surface area contributed by atoms with Gasteiger partial charge in [0.05, 0.1) is 0 Å². The summed E-state index contributed by atoms with van der Waals surface area (Å²) in [6, 6.07) is 5.26. The molecule has 0 radical (unpaired) electrons. The predicted octanol–water partition coefficient (Wildman–Crippen LogP) is 3.00. The van der Waals surface area contributed by atoms with Gasteiger partial charge in [-0.2, -0.15) is 13.2 Å². The van der Waals surface area contributed by atoms with E-state index >= 15 is 0 Å². The minimum absolute atomic E-state index is 0.0578. The molecule has 9 heteroatoms. The summed E-state index contributed by atoms with van der Waals surface area (Å²) in [4.78, 5) is 28.9. The Morgan fingerprint density at radius 2 is 1.92 bits per heavy atom. The number of amides is 2. The van der Waals surface area contributed by atoms with Crippen LogP contribution in [0.15, 0.2) is 29.3 Å². The molecule has 1 heterocycles. The number of hydrogen-bond donors (Lipinski definition) is 1. The highest BCUT2D eigenvalue weighted by atomic mass is 35.5. The van der Waals surface area contributed by atoms with E-state index in [2.05, 4.69) is 4.99 Å². The first-order valence-corrected chi connectivity index (χ1v) is 7.53. The quantitative estimate of drug-likeness (QED) is 0.896. The molecule has 0 saturated heterocycles. The third-order valence-corrected chi connectivity index (χ3v) is 3.79. The van der Waals surface area contributed by atoms with Crippen LogP contribution in [0, 0.1) is 0 Å². The van der Waals surface area contributed by atoms with Crippen molar-refractivity contribution in [3.8, 4) is 0 Å². The number of nitrogens with one attached hydrogen (secondary N) is 1. The van der Waals surface area contributed by atoms with Crippen LogP contribution in [-0.4, -0.2) is 40.9 Å². The third kappa shape index (κ3) is 3.10. The average Bonchev–Trinajstić information content (AvgIpc) is 2.73. The lowest BCUT2D eigenvalue weighted by atomic mass is 10.1. The fourth-order valence-electron chi connectivity index (χ4n) is 2.35. The molecule has 1 aliphatic heterocycles. The van der Waals surface area contributed by atoms with Gasteiger partial charge in [-0.3, -0.25) is 14.5 Å². The lowest BCUT2D eigenvalue weighted by Gasteiger charge is -2.29. The second-order valence-electron chi connectivity index (χ2n) is 5.28. The summed E-state index contributed by atoms with van der Waals surface area (Å²) in [7, 11) is 0. The zero-order chi connectivity index (χ0) is 18.1. The minimum Gasteiger partial charge on any atom is -0.312 e. The number of alkyl halides is 3. The first kappa shape index (κ1) is 18.3. The smallest absolute Gasteiger partial charge is 0.312 e. The number of benzene rings is 1. The monoisotopic (exact) mass is 361 g/mol. The van der Waals surface area contributed by atoms with Gasteiger partial charge in [-0.05, 0) is 37.6 Å². The van der Waals surface area contributed by atoms with Crippen LogP contribution in [0.3, 0.4) is 0 Å². The highest BCUT2D eigenvalue weighted by Gasteiger charge is 2.66. The standard InChI is InChI=1S/C15H15ClF3N3O2/c1-3-8-22-9(2)20-14(13(22)24,15(17,18)19)21-12(23)10-4-6-11(16)7-5-10/h4-7H,3,8H2,1-2H3,(H,21,23). The van der Waals surface area contributed by atoms with E-state index in [1.165, 1.54) is 31.2 Å². The Labute approximate surface area is 141 Å². The fourth-order valence-corrected chi connectivity index (χ4v) is 2.48. The Hall–Kier alpha value is -2.09. The first-order chi connectivity index (χ1) is 11.1. The van der Waals surface area contributed by atoms with Crippen LogP contribution in [0.5, 0.6) is 0 Å². The molecule has 24 heavy (non-hydrogen) atoms. The lowest BCUT2D eigenvalue weighted by Crippen LogP contribution is -2.63. The van der Waals surface area contributed by atoms with E-state index in [4.69, 9.17) is 11.6 Å². The van der Waals surface area contributed by atoms with Crippen LogP contribution in [0.1, 0.15) is 30.6 Å². The van der Waals surface area contributed by atoms with E-state index in [1.807, 2.05) is 0 Å². The fraction of sp³-hybridized carbons (Fsp3) is 0.400. The molecule has 0 spiro atoms. The number of carbonyl (C=O) groups is 2. The number of aliphatic imine (C=N–C) groups is 1. The van der Waals surface area contributed by atoms with Crippen molar-refractivity contribution in [1.82, 2.24) is 10.2 Å². The van der Waals surface area contributed by atoms with E-state index in [1.54, 1.807) is 12.2 Å². The summed E-state index contributed by atoms with van der Waals surface area (Å²) < 4.78 is 40.8. The van der Waals surface area contributed by atoms with Crippen molar-refractivity contribution in [2.75, 3.05) is 6.54 Å². The maximum absolute atomic E-state index is 13.6. The van der Waals surface area contributed by atoms with E-state index in [0.717, 1.165) is 4.90 Å². The molecule has 0 aliphatic carbocycles. The van der Waals surface area contributed by atoms with Crippen LogP contribution in [0.4, 0.5) is 13.2 Å². The Morgan fingerprint density at radius 1 is 1.33 bits per heavy atom. The molecule has 0 aromatic heterocycles. The molecular formula is C15H15ClF3N3O2. The van der Waals surface area contributed by atoms with E-state index in [0.29, 0.717) is 11.4 Å². The molecule has 1 unspecified atom stereocenters. The molecule has 5 nitrogen and oxygen atoms in total. The van der Waals surface area contributed by atoms with Crippen LogP contribution >= 0.6 is 11.6 Å². The SMILES string of the molecule is CCCN1C(=O)C(NC(=O)c2ccc(Cl)cc2)(C(F)(F)F)N=C1C. The highest BCUT2D eigenvalue weighted by Crippen LogP contribution is 2.37. The topological polar surface area (TPSA) is 61.8 Å². The molecule has 2 amide bonds. The predicted molar refractivity (Wildman–Crippen MR) is 82.8 cm³/mol. The van der Waals surface area contributed by atoms with Crippen LogP contribution in [0.25, 0.3) is 0 Å². The average molecular weight is 362 g/mol. The molecule has 0 bridgehead atoms. The molecule has 1 aromatic carbocycles. The Morgan fingerprint density at radius 3 is 2.42 bits per heavy atom. The van der Waals surface area contributed by atoms with Crippen LogP contribution in [0.2, 0.25) is 5.02 Å². The number of nitrogens with zero attached hydrogens (tertiary/aromatic N) is 2. The highest BCUT2D eigenvalue weighted by molar-refractivity contribution is 6.30. The van der Waals surface area contributed by atoms with Gasteiger partial charge in [0, 0.05) is 17.1 Å². The normalized spacial score (nSPS) is 21.0. The van der Waals surface area contributed by atoms with Crippen molar-refractivity contribution < 1.29 is 22.8 Å². The van der Waals surface area contributed by atoms with Crippen molar-refractivity contribution >= 4 is 29.3 Å². The molecule has 0 saturated carbocycles. The zero-order valence-corrected chi connectivity index (χ0v) is 13.7. The van der Waals surface area contributed by atoms with E-state index in [-0.39, 0.29) is 17.9 Å². The lowest BCUT2D eigenvalue weighted by molar-refractivity contribution is -0.196. The number of halogens is 4. The molecule has 2 rings (SSSR count). The zero-order valence-electron chi connectivity index (χ0n) is 12.9. The van der Waals surface area contributed by atoms with Gasteiger partial charge in [-0.1, -0.05) is 18.5 Å². The number of carbonyl (C=O) groups excluding carboxylic acids is 2. The Balaban J connectivity index is 2.39. The Kier molecular flexibility index (Phi) is 4.89.